The topological polar surface area (TPSA) is 82.1 Å². The predicted molar refractivity (Wildman–Crippen MR) is 123 cm³/mol. The molecule has 0 fully saturated rings. The molecule has 0 aliphatic carbocycles. The van der Waals surface area contributed by atoms with Gasteiger partial charge in [-0.15, -0.1) is 0 Å². The average Bonchev–Trinajstić information content (AvgIpc) is 2.70. The molecule has 32 heavy (non-hydrogen) atoms. The number of methoxy groups -OCH3 is 2. The van der Waals surface area contributed by atoms with Crippen molar-refractivity contribution in [2.45, 2.75) is 50.7 Å². The van der Waals surface area contributed by atoms with Crippen molar-refractivity contribution < 1.29 is 27.4 Å². The van der Waals surface area contributed by atoms with E-state index >= 15 is 0 Å². The number of sulfone groups is 1. The third-order valence-corrected chi connectivity index (χ3v) is 6.66. The van der Waals surface area contributed by atoms with Gasteiger partial charge in [0, 0.05) is 24.8 Å². The van der Waals surface area contributed by atoms with Crippen LogP contribution in [0.4, 0.5) is 0 Å². The fourth-order valence-corrected chi connectivity index (χ4v) is 4.73. The smallest absolute Gasteiger partial charge is 0.257 e. The van der Waals surface area contributed by atoms with Gasteiger partial charge < -0.3 is 19.1 Å². The van der Waals surface area contributed by atoms with E-state index in [0.29, 0.717) is 30.3 Å². The Labute approximate surface area is 190 Å². The lowest BCUT2D eigenvalue weighted by Gasteiger charge is -2.40. The van der Waals surface area contributed by atoms with E-state index in [2.05, 4.69) is 13.8 Å². The number of hydrogen-bond donors (Lipinski definition) is 0. The zero-order valence-corrected chi connectivity index (χ0v) is 20.5. The van der Waals surface area contributed by atoms with Crippen LogP contribution in [0.1, 0.15) is 49.2 Å². The highest BCUT2D eigenvalue weighted by Gasteiger charge is 2.36. The second-order valence-electron chi connectivity index (χ2n) is 9.01. The van der Waals surface area contributed by atoms with Crippen molar-refractivity contribution in [2.75, 3.05) is 27.0 Å². The minimum atomic E-state index is -3.48. The maximum Gasteiger partial charge on any atom is 0.257 e. The van der Waals surface area contributed by atoms with Gasteiger partial charge in [0.1, 0.15) is 5.75 Å². The van der Waals surface area contributed by atoms with Crippen molar-refractivity contribution in [1.82, 2.24) is 4.90 Å². The first-order valence-corrected chi connectivity index (χ1v) is 12.3. The monoisotopic (exact) mass is 461 g/mol. The zero-order chi connectivity index (χ0) is 23.8. The molecule has 0 spiro atoms. The van der Waals surface area contributed by atoms with Crippen LogP contribution in [0, 0.1) is 0 Å². The zero-order valence-electron chi connectivity index (χ0n) is 19.7. The Kier molecular flexibility index (Phi) is 6.47. The summed E-state index contributed by atoms with van der Waals surface area (Å²) in [5.74, 6) is 1.33. The molecule has 0 saturated carbocycles. The van der Waals surface area contributed by atoms with E-state index in [-0.39, 0.29) is 27.9 Å². The number of carbonyl (C=O) groups is 1. The summed E-state index contributed by atoms with van der Waals surface area (Å²) in [5, 5.41) is 0. The molecule has 8 heteroatoms. The standard InChI is InChI=1S/C24H31NO6S/c1-15(2)31-20-9-8-17(32(7,27)28)11-18(20)23(26)25-13-16-10-21(29-5)22(30-6)12-19(16)24(3,4)14-25/h8-12,15H,13-14H2,1-7H3. The Bertz CT molecular complexity index is 1140. The van der Waals surface area contributed by atoms with Gasteiger partial charge in [-0.3, -0.25) is 4.79 Å². The van der Waals surface area contributed by atoms with Crippen molar-refractivity contribution in [1.29, 1.82) is 0 Å². The van der Waals surface area contributed by atoms with Crippen LogP contribution in [0.2, 0.25) is 0 Å². The van der Waals surface area contributed by atoms with Crippen molar-refractivity contribution in [3.8, 4) is 17.2 Å². The Morgan fingerprint density at radius 2 is 1.66 bits per heavy atom. The molecule has 0 bridgehead atoms. The van der Waals surface area contributed by atoms with Gasteiger partial charge in [-0.2, -0.15) is 0 Å². The second-order valence-corrected chi connectivity index (χ2v) is 11.0. The summed E-state index contributed by atoms with van der Waals surface area (Å²) >= 11 is 0. The van der Waals surface area contributed by atoms with Crippen LogP contribution in [0.5, 0.6) is 17.2 Å². The summed E-state index contributed by atoms with van der Waals surface area (Å²) in [7, 11) is -0.305. The molecule has 174 valence electrons. The van der Waals surface area contributed by atoms with Gasteiger partial charge in [0.25, 0.3) is 5.91 Å². The molecule has 1 aliphatic heterocycles. The summed E-state index contributed by atoms with van der Waals surface area (Å²) in [4.78, 5) is 15.5. The van der Waals surface area contributed by atoms with Gasteiger partial charge in [0.05, 0.1) is 30.8 Å². The number of nitrogens with zero attached hydrogens (tertiary/aromatic N) is 1. The SMILES string of the molecule is COc1cc2c(cc1OC)C(C)(C)CN(C(=O)c1cc(S(C)(=O)=O)ccc1OC(C)C)C2. The van der Waals surface area contributed by atoms with Gasteiger partial charge in [-0.05, 0) is 55.3 Å². The summed E-state index contributed by atoms with van der Waals surface area (Å²) in [6, 6.07) is 8.30. The molecule has 1 amide bonds. The molecule has 0 unspecified atom stereocenters. The maximum absolute atomic E-state index is 13.7. The molecule has 7 nitrogen and oxygen atoms in total. The lowest BCUT2D eigenvalue weighted by molar-refractivity contribution is 0.0679. The number of fused-ring (bicyclic) bond motifs is 1. The molecule has 0 aromatic heterocycles. The van der Waals surface area contributed by atoms with E-state index in [9.17, 15) is 13.2 Å². The number of rotatable bonds is 6. The van der Waals surface area contributed by atoms with E-state index in [1.165, 1.54) is 12.1 Å². The van der Waals surface area contributed by atoms with E-state index in [1.807, 2.05) is 26.0 Å². The van der Waals surface area contributed by atoms with Crippen LogP contribution in [0.15, 0.2) is 35.2 Å². The van der Waals surface area contributed by atoms with E-state index in [1.54, 1.807) is 25.2 Å². The molecule has 1 aliphatic rings. The van der Waals surface area contributed by atoms with Gasteiger partial charge in [-0.1, -0.05) is 13.8 Å². The quantitative estimate of drug-likeness (QED) is 0.650. The third kappa shape index (κ3) is 4.70. The van der Waals surface area contributed by atoms with Gasteiger partial charge in [0.2, 0.25) is 0 Å². The molecular weight excluding hydrogens is 430 g/mol. The first kappa shape index (κ1) is 23.9. The number of ether oxygens (including phenoxy) is 3. The molecule has 1 heterocycles. The first-order chi connectivity index (χ1) is 14.9. The van der Waals surface area contributed by atoms with E-state index in [4.69, 9.17) is 14.2 Å². The normalized spacial score (nSPS) is 15.3. The maximum atomic E-state index is 13.7. The van der Waals surface area contributed by atoms with E-state index < -0.39 is 9.84 Å². The Hall–Kier alpha value is -2.74. The van der Waals surface area contributed by atoms with Crippen molar-refractivity contribution in [3.63, 3.8) is 0 Å². The van der Waals surface area contributed by atoms with Crippen LogP contribution in [0.25, 0.3) is 0 Å². The lowest BCUT2D eigenvalue weighted by Crippen LogP contribution is -2.45. The first-order valence-electron chi connectivity index (χ1n) is 10.4. The molecule has 0 N–H and O–H groups in total. The highest BCUT2D eigenvalue weighted by atomic mass is 32.2. The van der Waals surface area contributed by atoms with Crippen molar-refractivity contribution in [3.05, 3.63) is 47.0 Å². The Morgan fingerprint density at radius 1 is 1.03 bits per heavy atom. The minimum Gasteiger partial charge on any atom is -0.493 e. The van der Waals surface area contributed by atoms with Crippen LogP contribution >= 0.6 is 0 Å². The van der Waals surface area contributed by atoms with Crippen LogP contribution in [0.3, 0.4) is 0 Å². The predicted octanol–water partition coefficient (Wildman–Crippen LogP) is 3.83. The third-order valence-electron chi connectivity index (χ3n) is 5.55. The lowest BCUT2D eigenvalue weighted by atomic mass is 9.78. The van der Waals surface area contributed by atoms with Crippen molar-refractivity contribution >= 4 is 15.7 Å². The van der Waals surface area contributed by atoms with Crippen LogP contribution in [-0.4, -0.2) is 52.3 Å². The summed E-state index contributed by atoms with van der Waals surface area (Å²) in [6.45, 7) is 8.67. The fourth-order valence-electron chi connectivity index (χ4n) is 4.08. The average molecular weight is 462 g/mol. The van der Waals surface area contributed by atoms with Crippen molar-refractivity contribution in [2.24, 2.45) is 0 Å². The summed E-state index contributed by atoms with van der Waals surface area (Å²) in [5.41, 5.74) is 1.93. The molecule has 0 atom stereocenters. The second kappa shape index (κ2) is 8.65. The summed E-state index contributed by atoms with van der Waals surface area (Å²) < 4.78 is 41.0. The Morgan fingerprint density at radius 3 is 2.22 bits per heavy atom. The summed E-state index contributed by atoms with van der Waals surface area (Å²) in [6.07, 6.45) is 0.959. The highest BCUT2D eigenvalue weighted by molar-refractivity contribution is 7.90. The number of benzene rings is 2. The molecule has 2 aromatic carbocycles. The van der Waals surface area contributed by atoms with Gasteiger partial charge >= 0.3 is 0 Å². The van der Waals surface area contributed by atoms with E-state index in [0.717, 1.165) is 17.4 Å². The highest BCUT2D eigenvalue weighted by Crippen LogP contribution is 2.41. The molecule has 0 saturated heterocycles. The molecular formula is C24H31NO6S. The fraction of sp³-hybridized carbons (Fsp3) is 0.458. The number of carbonyl (C=O) groups excluding carboxylic acids is 1. The number of amides is 1. The van der Waals surface area contributed by atoms with Crippen LogP contribution < -0.4 is 14.2 Å². The largest absolute Gasteiger partial charge is 0.493 e. The number of hydrogen-bond acceptors (Lipinski definition) is 6. The minimum absolute atomic E-state index is 0.0834. The molecule has 3 rings (SSSR count). The Balaban J connectivity index is 2.07. The van der Waals surface area contributed by atoms with Gasteiger partial charge in [0.15, 0.2) is 21.3 Å². The van der Waals surface area contributed by atoms with Crippen LogP contribution in [-0.2, 0) is 21.8 Å². The van der Waals surface area contributed by atoms with Gasteiger partial charge in [-0.25, -0.2) is 8.42 Å². The molecule has 2 aromatic rings. The molecule has 0 radical (unpaired) electrons.